The smallest absolute Gasteiger partial charge is 0.448 e. The van der Waals surface area contributed by atoms with Gasteiger partial charge in [-0.15, -0.1) is 13.2 Å². The molecule has 2 aromatic rings. The maximum absolute atomic E-state index is 12.4. The Hall–Kier alpha value is -3.03. The maximum Gasteiger partial charge on any atom is 0.573 e. The van der Waals surface area contributed by atoms with E-state index in [0.29, 0.717) is 11.1 Å². The molecule has 26 heavy (non-hydrogen) atoms. The van der Waals surface area contributed by atoms with Crippen LogP contribution in [0.1, 0.15) is 21.5 Å². The van der Waals surface area contributed by atoms with E-state index < -0.39 is 30.1 Å². The predicted octanol–water partition coefficient (Wildman–Crippen LogP) is 2.98. The number of carbonyl (C=O) groups is 2. The second kappa shape index (κ2) is 7.07. The van der Waals surface area contributed by atoms with Crippen molar-refractivity contribution in [2.75, 3.05) is 0 Å². The van der Waals surface area contributed by atoms with E-state index in [1.54, 1.807) is 24.3 Å². The van der Waals surface area contributed by atoms with E-state index in [9.17, 15) is 22.8 Å². The van der Waals surface area contributed by atoms with Crippen LogP contribution in [-0.2, 0) is 22.5 Å². The lowest BCUT2D eigenvalue weighted by Gasteiger charge is -2.24. The van der Waals surface area contributed by atoms with Gasteiger partial charge in [0.25, 0.3) is 5.91 Å². The van der Waals surface area contributed by atoms with Crippen molar-refractivity contribution in [3.63, 3.8) is 0 Å². The summed E-state index contributed by atoms with van der Waals surface area (Å²) in [6.07, 6.45) is -5.66. The zero-order valence-corrected chi connectivity index (χ0v) is 13.4. The molecule has 1 aliphatic heterocycles. The first-order valence-electron chi connectivity index (χ1n) is 7.74. The minimum Gasteiger partial charge on any atom is -0.448 e. The summed E-state index contributed by atoms with van der Waals surface area (Å²) in [5.41, 5.74) is 1.24. The summed E-state index contributed by atoms with van der Waals surface area (Å²) in [6.45, 7) is -0.194. The summed E-state index contributed by atoms with van der Waals surface area (Å²) in [4.78, 5) is 24.2. The SMILES string of the molecule is O=C1OC(C(=O)NCc2ccccc2OC(F)(F)F)Cc2ccccc21. The van der Waals surface area contributed by atoms with Gasteiger partial charge in [0.2, 0.25) is 0 Å². The molecular formula is C18H14F3NO4. The van der Waals surface area contributed by atoms with Gasteiger partial charge in [0.15, 0.2) is 6.10 Å². The van der Waals surface area contributed by atoms with Crippen LogP contribution in [-0.4, -0.2) is 24.3 Å². The van der Waals surface area contributed by atoms with Gasteiger partial charge in [0.1, 0.15) is 5.75 Å². The quantitative estimate of drug-likeness (QED) is 0.846. The highest BCUT2D eigenvalue weighted by atomic mass is 19.4. The molecule has 0 aliphatic carbocycles. The molecule has 1 N–H and O–H groups in total. The lowest BCUT2D eigenvalue weighted by atomic mass is 9.98. The molecule has 0 fully saturated rings. The summed E-state index contributed by atoms with van der Waals surface area (Å²) in [6, 6.07) is 12.3. The lowest BCUT2D eigenvalue weighted by molar-refractivity contribution is -0.274. The molecule has 0 aromatic heterocycles. The van der Waals surface area contributed by atoms with E-state index in [1.807, 2.05) is 0 Å². The number of para-hydroxylation sites is 1. The molecular weight excluding hydrogens is 351 g/mol. The number of hydrogen-bond donors (Lipinski definition) is 1. The Morgan fingerprint density at radius 3 is 2.62 bits per heavy atom. The number of rotatable bonds is 4. The average molecular weight is 365 g/mol. The third kappa shape index (κ3) is 4.14. The Kier molecular flexibility index (Phi) is 4.83. The molecule has 2 aromatic carbocycles. The van der Waals surface area contributed by atoms with E-state index in [4.69, 9.17) is 4.74 Å². The second-order valence-electron chi connectivity index (χ2n) is 5.63. The van der Waals surface area contributed by atoms with Crippen molar-refractivity contribution in [2.45, 2.75) is 25.4 Å². The van der Waals surface area contributed by atoms with Gasteiger partial charge in [-0.25, -0.2) is 4.79 Å². The van der Waals surface area contributed by atoms with E-state index in [-0.39, 0.29) is 18.5 Å². The Morgan fingerprint density at radius 2 is 1.85 bits per heavy atom. The minimum absolute atomic E-state index is 0.153. The van der Waals surface area contributed by atoms with Crippen molar-refractivity contribution >= 4 is 11.9 Å². The molecule has 3 rings (SSSR count). The van der Waals surface area contributed by atoms with Crippen molar-refractivity contribution in [1.82, 2.24) is 5.32 Å². The van der Waals surface area contributed by atoms with Crippen molar-refractivity contribution in [3.8, 4) is 5.75 Å². The number of esters is 1. The molecule has 1 amide bonds. The van der Waals surface area contributed by atoms with Crippen LogP contribution in [0.3, 0.4) is 0 Å². The number of hydrogen-bond acceptors (Lipinski definition) is 4. The molecule has 1 aliphatic rings. The molecule has 136 valence electrons. The number of cyclic esters (lactones) is 1. The van der Waals surface area contributed by atoms with Crippen LogP contribution in [0.25, 0.3) is 0 Å². The molecule has 1 atom stereocenters. The van der Waals surface area contributed by atoms with Gasteiger partial charge in [0.05, 0.1) is 5.56 Å². The number of halogens is 3. The Morgan fingerprint density at radius 1 is 1.15 bits per heavy atom. The zero-order valence-electron chi connectivity index (χ0n) is 13.4. The van der Waals surface area contributed by atoms with Crippen molar-refractivity contribution in [2.24, 2.45) is 0 Å². The second-order valence-corrected chi connectivity index (χ2v) is 5.63. The highest BCUT2D eigenvalue weighted by Crippen LogP contribution is 2.26. The van der Waals surface area contributed by atoms with Crippen LogP contribution < -0.4 is 10.1 Å². The highest BCUT2D eigenvalue weighted by Gasteiger charge is 2.33. The minimum atomic E-state index is -4.83. The summed E-state index contributed by atoms with van der Waals surface area (Å²) in [5, 5.41) is 2.48. The Balaban J connectivity index is 1.66. The Labute approximate surface area is 146 Å². The first-order chi connectivity index (χ1) is 12.3. The molecule has 0 saturated carbocycles. The van der Waals surface area contributed by atoms with Gasteiger partial charge < -0.3 is 14.8 Å². The van der Waals surface area contributed by atoms with E-state index in [0.717, 1.165) is 6.07 Å². The average Bonchev–Trinajstić information content (AvgIpc) is 2.59. The van der Waals surface area contributed by atoms with E-state index >= 15 is 0 Å². The van der Waals surface area contributed by atoms with E-state index in [2.05, 4.69) is 10.1 Å². The number of nitrogens with one attached hydrogen (secondary N) is 1. The van der Waals surface area contributed by atoms with Crippen LogP contribution in [0.2, 0.25) is 0 Å². The molecule has 8 heteroatoms. The summed E-state index contributed by atoms with van der Waals surface area (Å²) < 4.78 is 46.3. The number of amides is 1. The van der Waals surface area contributed by atoms with Gasteiger partial charge in [-0.05, 0) is 17.7 Å². The molecule has 1 unspecified atom stereocenters. The molecule has 0 bridgehead atoms. The summed E-state index contributed by atoms with van der Waals surface area (Å²) >= 11 is 0. The highest BCUT2D eigenvalue weighted by molar-refractivity contribution is 5.95. The van der Waals surface area contributed by atoms with Crippen molar-refractivity contribution in [3.05, 3.63) is 65.2 Å². The summed E-state index contributed by atoms with van der Waals surface area (Å²) in [5.74, 6) is -1.59. The fraction of sp³-hybridized carbons (Fsp3) is 0.222. The standard InChI is InChI=1S/C18H14F3NO4/c19-18(20,21)26-14-8-4-2-6-12(14)10-22-16(23)15-9-11-5-1-3-7-13(11)17(24)25-15/h1-8,15H,9-10H2,(H,22,23). The lowest BCUT2D eigenvalue weighted by Crippen LogP contribution is -2.41. The number of fused-ring (bicyclic) bond motifs is 1. The van der Waals surface area contributed by atoms with Crippen molar-refractivity contribution in [1.29, 1.82) is 0 Å². The molecule has 0 radical (unpaired) electrons. The topological polar surface area (TPSA) is 64.6 Å². The van der Waals surface area contributed by atoms with E-state index in [1.165, 1.54) is 18.2 Å². The largest absolute Gasteiger partial charge is 0.573 e. The fourth-order valence-electron chi connectivity index (χ4n) is 2.65. The van der Waals surface area contributed by atoms with Gasteiger partial charge in [0, 0.05) is 18.5 Å². The predicted molar refractivity (Wildman–Crippen MR) is 84.3 cm³/mol. The number of alkyl halides is 3. The first kappa shape index (κ1) is 17.8. The van der Waals surface area contributed by atoms with Crippen LogP contribution in [0.4, 0.5) is 13.2 Å². The third-order valence-corrected chi connectivity index (χ3v) is 3.84. The number of ether oxygens (including phenoxy) is 2. The zero-order chi connectivity index (χ0) is 18.7. The van der Waals surface area contributed by atoms with Crippen LogP contribution in [0.15, 0.2) is 48.5 Å². The van der Waals surface area contributed by atoms with Gasteiger partial charge >= 0.3 is 12.3 Å². The fourth-order valence-corrected chi connectivity index (χ4v) is 2.65. The van der Waals surface area contributed by atoms with Crippen LogP contribution >= 0.6 is 0 Å². The van der Waals surface area contributed by atoms with Gasteiger partial charge in [-0.1, -0.05) is 36.4 Å². The Bertz CT molecular complexity index is 835. The van der Waals surface area contributed by atoms with Crippen molar-refractivity contribution < 1.29 is 32.2 Å². The first-order valence-corrected chi connectivity index (χ1v) is 7.74. The normalized spacial score (nSPS) is 16.4. The summed E-state index contributed by atoms with van der Waals surface area (Å²) in [7, 11) is 0. The van der Waals surface area contributed by atoms with Gasteiger partial charge in [-0.2, -0.15) is 0 Å². The molecule has 5 nitrogen and oxygen atoms in total. The molecule has 0 spiro atoms. The molecule has 0 saturated heterocycles. The number of benzene rings is 2. The van der Waals surface area contributed by atoms with Crippen LogP contribution in [0.5, 0.6) is 5.75 Å². The number of carbonyl (C=O) groups excluding carboxylic acids is 2. The monoisotopic (exact) mass is 365 g/mol. The van der Waals surface area contributed by atoms with Gasteiger partial charge in [-0.3, -0.25) is 4.79 Å². The third-order valence-electron chi connectivity index (χ3n) is 3.84. The maximum atomic E-state index is 12.4. The van der Waals surface area contributed by atoms with Crippen LogP contribution in [0, 0.1) is 0 Å². The molecule has 1 heterocycles.